The average molecular weight is 257 g/mol. The third-order valence-corrected chi connectivity index (χ3v) is 3.00. The molecule has 0 unspecified atom stereocenters. The molecule has 0 saturated heterocycles. The zero-order valence-electron chi connectivity index (χ0n) is 11.5. The van der Waals surface area contributed by atoms with Gasteiger partial charge in [-0.15, -0.1) is 0 Å². The van der Waals surface area contributed by atoms with Crippen molar-refractivity contribution in [1.29, 1.82) is 0 Å². The van der Waals surface area contributed by atoms with Gasteiger partial charge in [-0.1, -0.05) is 0 Å². The van der Waals surface area contributed by atoms with Crippen LogP contribution in [0.1, 0.15) is 11.3 Å². The van der Waals surface area contributed by atoms with Crippen LogP contribution in [0, 0.1) is 6.92 Å². The maximum Gasteiger partial charge on any atom is 0.133 e. The van der Waals surface area contributed by atoms with Gasteiger partial charge in [-0.25, -0.2) is 0 Å². The van der Waals surface area contributed by atoms with E-state index in [1.165, 1.54) is 17.4 Å². The van der Waals surface area contributed by atoms with Gasteiger partial charge in [0.2, 0.25) is 0 Å². The molecule has 0 aliphatic carbocycles. The Balaban J connectivity index is 2.05. The first-order valence-corrected chi connectivity index (χ1v) is 6.22. The van der Waals surface area contributed by atoms with E-state index in [0.717, 1.165) is 11.4 Å². The van der Waals surface area contributed by atoms with Crippen molar-refractivity contribution < 1.29 is 5.11 Å². The lowest BCUT2D eigenvalue weighted by Crippen LogP contribution is -2.09. The summed E-state index contributed by atoms with van der Waals surface area (Å²) < 4.78 is 0. The molecular weight excluding hydrogens is 238 g/mol. The monoisotopic (exact) mass is 257 g/mol. The van der Waals surface area contributed by atoms with E-state index in [2.05, 4.69) is 40.3 Å². The van der Waals surface area contributed by atoms with Crippen LogP contribution in [0.5, 0.6) is 5.75 Å². The van der Waals surface area contributed by atoms with Crippen LogP contribution in [0.3, 0.4) is 0 Å². The minimum Gasteiger partial charge on any atom is -0.506 e. The van der Waals surface area contributed by atoms with E-state index in [-0.39, 0.29) is 5.75 Å². The maximum absolute atomic E-state index is 9.18. The Morgan fingerprint density at radius 2 is 2.00 bits per heavy atom. The second-order valence-electron chi connectivity index (χ2n) is 4.75. The van der Waals surface area contributed by atoms with Crippen LogP contribution in [0.4, 0.5) is 11.4 Å². The number of nitrogens with zero attached hydrogens (tertiary/aromatic N) is 2. The Morgan fingerprint density at radius 3 is 2.58 bits per heavy atom. The summed E-state index contributed by atoms with van der Waals surface area (Å²) in [4.78, 5) is 6.23. The summed E-state index contributed by atoms with van der Waals surface area (Å²) in [7, 11) is 4.06. The fraction of sp³-hybridized carbons (Fsp3) is 0.267. The molecule has 19 heavy (non-hydrogen) atoms. The van der Waals surface area contributed by atoms with Gasteiger partial charge in [-0.3, -0.25) is 4.98 Å². The molecule has 4 nitrogen and oxygen atoms in total. The minimum absolute atomic E-state index is 0.190. The van der Waals surface area contributed by atoms with E-state index in [0.29, 0.717) is 6.54 Å². The predicted molar refractivity (Wildman–Crippen MR) is 78.7 cm³/mol. The molecule has 0 aliphatic rings. The Morgan fingerprint density at radius 1 is 1.21 bits per heavy atom. The number of pyridine rings is 1. The lowest BCUT2D eigenvalue weighted by Gasteiger charge is -2.16. The number of anilines is 2. The molecule has 1 aromatic heterocycles. The molecule has 0 saturated carbocycles. The molecule has 0 bridgehead atoms. The summed E-state index contributed by atoms with van der Waals surface area (Å²) in [6.07, 6.45) is 1.46. The van der Waals surface area contributed by atoms with Crippen LogP contribution in [0.25, 0.3) is 0 Å². The number of aromatic nitrogens is 1. The second kappa shape index (κ2) is 5.61. The molecule has 2 aromatic rings. The maximum atomic E-state index is 9.18. The van der Waals surface area contributed by atoms with E-state index in [9.17, 15) is 5.11 Å². The van der Waals surface area contributed by atoms with Gasteiger partial charge >= 0.3 is 0 Å². The van der Waals surface area contributed by atoms with Crippen LogP contribution in [-0.4, -0.2) is 24.2 Å². The fourth-order valence-electron chi connectivity index (χ4n) is 1.83. The van der Waals surface area contributed by atoms with Crippen molar-refractivity contribution in [3.63, 3.8) is 0 Å². The third-order valence-electron chi connectivity index (χ3n) is 3.00. The molecule has 1 heterocycles. The van der Waals surface area contributed by atoms with Gasteiger partial charge in [0.15, 0.2) is 0 Å². The SMILES string of the molecule is Cc1cc(N(C)C)ccc1NCc1ccc(O)cn1. The van der Waals surface area contributed by atoms with Gasteiger partial charge in [-0.2, -0.15) is 0 Å². The first kappa shape index (κ1) is 13.2. The molecule has 0 fully saturated rings. The molecule has 2 N–H and O–H groups in total. The fourth-order valence-corrected chi connectivity index (χ4v) is 1.83. The van der Waals surface area contributed by atoms with Crippen molar-refractivity contribution >= 4 is 11.4 Å². The Bertz CT molecular complexity index is 550. The Hall–Kier alpha value is -2.23. The number of hydrogen-bond acceptors (Lipinski definition) is 4. The molecule has 0 spiro atoms. The van der Waals surface area contributed by atoms with E-state index in [4.69, 9.17) is 0 Å². The zero-order chi connectivity index (χ0) is 13.8. The summed E-state index contributed by atoms with van der Waals surface area (Å²) in [5, 5.41) is 12.5. The van der Waals surface area contributed by atoms with Gasteiger partial charge in [0.05, 0.1) is 18.4 Å². The Labute approximate surface area is 113 Å². The average Bonchev–Trinajstić information content (AvgIpc) is 2.39. The number of rotatable bonds is 4. The second-order valence-corrected chi connectivity index (χ2v) is 4.75. The van der Waals surface area contributed by atoms with Crippen molar-refractivity contribution in [2.24, 2.45) is 0 Å². The number of aryl methyl sites for hydroxylation is 1. The van der Waals surface area contributed by atoms with E-state index in [1.807, 2.05) is 20.2 Å². The first-order chi connectivity index (χ1) is 9.06. The number of benzene rings is 1. The summed E-state index contributed by atoms with van der Waals surface area (Å²) in [6.45, 7) is 2.72. The molecule has 2 rings (SSSR count). The van der Waals surface area contributed by atoms with Gasteiger partial charge in [0.25, 0.3) is 0 Å². The lowest BCUT2D eigenvalue weighted by atomic mass is 10.1. The molecule has 0 aliphatic heterocycles. The van der Waals surface area contributed by atoms with Gasteiger partial charge in [-0.05, 0) is 42.8 Å². The number of aromatic hydroxyl groups is 1. The topological polar surface area (TPSA) is 48.4 Å². The van der Waals surface area contributed by atoms with E-state index >= 15 is 0 Å². The highest BCUT2D eigenvalue weighted by Crippen LogP contribution is 2.21. The molecule has 0 amide bonds. The summed E-state index contributed by atoms with van der Waals surface area (Å²) in [5.74, 6) is 0.190. The van der Waals surface area contributed by atoms with Crippen LogP contribution >= 0.6 is 0 Å². The number of hydrogen-bond donors (Lipinski definition) is 2. The molecule has 0 atom stereocenters. The normalized spacial score (nSPS) is 10.3. The molecule has 4 heteroatoms. The molecular formula is C15H19N3O. The quantitative estimate of drug-likeness (QED) is 0.884. The summed E-state index contributed by atoms with van der Waals surface area (Å²) in [6, 6.07) is 9.76. The van der Waals surface area contributed by atoms with Crippen LogP contribution < -0.4 is 10.2 Å². The van der Waals surface area contributed by atoms with Crippen molar-refractivity contribution in [3.8, 4) is 5.75 Å². The van der Waals surface area contributed by atoms with Crippen LogP contribution in [-0.2, 0) is 6.54 Å². The third kappa shape index (κ3) is 3.37. The van der Waals surface area contributed by atoms with E-state index < -0.39 is 0 Å². The molecule has 1 aromatic carbocycles. The summed E-state index contributed by atoms with van der Waals surface area (Å²) >= 11 is 0. The van der Waals surface area contributed by atoms with Gasteiger partial charge in [0.1, 0.15) is 5.75 Å². The highest BCUT2D eigenvalue weighted by molar-refractivity contribution is 5.59. The highest BCUT2D eigenvalue weighted by Gasteiger charge is 2.02. The Kier molecular flexibility index (Phi) is 3.90. The number of nitrogens with one attached hydrogen (secondary N) is 1. The van der Waals surface area contributed by atoms with Crippen LogP contribution in [0.2, 0.25) is 0 Å². The largest absolute Gasteiger partial charge is 0.506 e. The van der Waals surface area contributed by atoms with Crippen LogP contribution in [0.15, 0.2) is 36.5 Å². The van der Waals surface area contributed by atoms with Crippen molar-refractivity contribution in [2.75, 3.05) is 24.3 Å². The predicted octanol–water partition coefficient (Wildman–Crippen LogP) is 2.77. The minimum atomic E-state index is 0.190. The highest BCUT2D eigenvalue weighted by atomic mass is 16.3. The van der Waals surface area contributed by atoms with Gasteiger partial charge < -0.3 is 15.3 Å². The molecule has 0 radical (unpaired) electrons. The lowest BCUT2D eigenvalue weighted by molar-refractivity contribution is 0.472. The summed E-state index contributed by atoms with van der Waals surface area (Å²) in [5.41, 5.74) is 4.38. The van der Waals surface area contributed by atoms with Crippen molar-refractivity contribution in [1.82, 2.24) is 4.98 Å². The van der Waals surface area contributed by atoms with Crippen molar-refractivity contribution in [3.05, 3.63) is 47.8 Å². The first-order valence-electron chi connectivity index (χ1n) is 6.22. The molecule has 100 valence electrons. The van der Waals surface area contributed by atoms with E-state index in [1.54, 1.807) is 6.07 Å². The smallest absolute Gasteiger partial charge is 0.133 e. The van der Waals surface area contributed by atoms with Crippen molar-refractivity contribution in [2.45, 2.75) is 13.5 Å². The zero-order valence-corrected chi connectivity index (χ0v) is 11.5. The van der Waals surface area contributed by atoms with Gasteiger partial charge in [0, 0.05) is 25.5 Å². The standard InChI is InChI=1S/C15H19N3O/c1-11-8-13(18(2)3)5-7-15(11)17-9-12-4-6-14(19)10-16-12/h4-8,10,17,19H,9H2,1-3H3.